The van der Waals surface area contributed by atoms with Crippen LogP contribution in [0.15, 0.2) is 0 Å². The number of esters is 2. The van der Waals surface area contributed by atoms with Crippen molar-refractivity contribution in [1.82, 2.24) is 0 Å². The highest BCUT2D eigenvalue weighted by Gasteiger charge is 2.78. The molecule has 0 amide bonds. The van der Waals surface area contributed by atoms with Crippen molar-refractivity contribution in [1.29, 1.82) is 0 Å². The van der Waals surface area contributed by atoms with Gasteiger partial charge in [-0.3, -0.25) is 0 Å². The zero-order chi connectivity index (χ0) is 36.0. The Balaban J connectivity index is 1.43. The normalized spacial score (nSPS) is 36.1. The van der Waals surface area contributed by atoms with E-state index in [4.69, 9.17) is 0 Å². The van der Waals surface area contributed by atoms with Gasteiger partial charge >= 0.3 is 48.0 Å². The Morgan fingerprint density at radius 2 is 1.13 bits per heavy atom. The average molecular weight is 713 g/mol. The van der Waals surface area contributed by atoms with Crippen molar-refractivity contribution in [3.05, 3.63) is 0 Å². The van der Waals surface area contributed by atoms with Crippen LogP contribution in [-0.4, -0.2) is 60.2 Å². The molecular weight excluding hydrogens is 678 g/mol. The van der Waals surface area contributed by atoms with E-state index in [2.05, 4.69) is 9.47 Å². The van der Waals surface area contributed by atoms with E-state index in [0.29, 0.717) is 38.5 Å². The second kappa shape index (κ2) is 11.5. The van der Waals surface area contributed by atoms with Crippen LogP contribution in [0, 0.1) is 40.4 Å². The maximum absolute atomic E-state index is 14.0. The van der Waals surface area contributed by atoms with Gasteiger partial charge in [0.1, 0.15) is 12.2 Å². The van der Waals surface area contributed by atoms with E-state index in [-0.39, 0.29) is 42.9 Å². The Morgan fingerprint density at radius 1 is 0.638 bits per heavy atom. The SMILES string of the molecule is C[C@H](OC(=O)C(F)(F)C(F)(F)C(F)(F)F)[C@H]1CC[C@H]2[C@@H]3CC[C@@H]4C[C@H](OC(=O)C(F)(F)C(F)(F)C(F)(F)F)CC[C@]4(C)[C@H]3CC[C@]12C. The minimum absolute atomic E-state index is 0.00665. The largest absolute Gasteiger partial charge is 0.460 e. The van der Waals surface area contributed by atoms with Crippen LogP contribution in [0.25, 0.3) is 0 Å². The third-order valence-corrected chi connectivity index (χ3v) is 11.8. The van der Waals surface area contributed by atoms with Gasteiger partial charge in [0, 0.05) is 5.92 Å². The summed E-state index contributed by atoms with van der Waals surface area (Å²) in [4.78, 5) is 23.8. The standard InChI is InChI=1S/C29H34F14O4/c1-13(46-20(44)24(30,31)26(34,35)28(38,39)40)17-6-7-18-16-5-4-14-12-15(8-10-22(14,2)19(16)9-11-23(17,18)3)47-21(45)25(32,33)27(36,37)29(41,42)43/h13-19H,4-12H2,1-3H3/t13-,14+,15+,16-,17+,18-,19-,22-,23+/m0/s1. The van der Waals surface area contributed by atoms with Crippen LogP contribution in [0.5, 0.6) is 0 Å². The highest BCUT2D eigenvalue weighted by atomic mass is 19.4. The van der Waals surface area contributed by atoms with Gasteiger partial charge in [-0.2, -0.15) is 61.5 Å². The molecule has 4 fully saturated rings. The number of carbonyl (C=O) groups excluding carboxylic acids is 2. The molecule has 0 bridgehead atoms. The van der Waals surface area contributed by atoms with E-state index in [9.17, 15) is 71.1 Å². The van der Waals surface area contributed by atoms with Gasteiger partial charge in [-0.15, -0.1) is 0 Å². The van der Waals surface area contributed by atoms with Crippen molar-refractivity contribution >= 4 is 11.9 Å². The monoisotopic (exact) mass is 712 g/mol. The van der Waals surface area contributed by atoms with Crippen molar-refractivity contribution in [2.45, 2.75) is 127 Å². The van der Waals surface area contributed by atoms with E-state index in [1.54, 1.807) is 0 Å². The lowest BCUT2D eigenvalue weighted by molar-refractivity contribution is -0.349. The van der Waals surface area contributed by atoms with E-state index >= 15 is 0 Å². The second-order valence-electron chi connectivity index (χ2n) is 14.1. The number of ether oxygens (including phenoxy) is 2. The predicted molar refractivity (Wildman–Crippen MR) is 133 cm³/mol. The molecule has 4 aliphatic carbocycles. The van der Waals surface area contributed by atoms with E-state index in [0.717, 1.165) is 0 Å². The van der Waals surface area contributed by atoms with Gasteiger partial charge in [0.05, 0.1) is 0 Å². The molecule has 0 aromatic heterocycles. The molecule has 272 valence electrons. The first kappa shape index (κ1) is 37.8. The first-order chi connectivity index (χ1) is 21.1. The zero-order valence-corrected chi connectivity index (χ0v) is 25.3. The van der Waals surface area contributed by atoms with E-state index in [1.807, 2.05) is 13.8 Å². The van der Waals surface area contributed by atoms with Gasteiger partial charge in [-0.25, -0.2) is 9.59 Å². The van der Waals surface area contributed by atoms with Crippen molar-refractivity contribution in [3.63, 3.8) is 0 Å². The van der Waals surface area contributed by atoms with Gasteiger partial charge < -0.3 is 9.47 Å². The van der Waals surface area contributed by atoms with Crippen LogP contribution in [0.3, 0.4) is 0 Å². The predicted octanol–water partition coefficient (Wildman–Crippen LogP) is 9.15. The smallest absolute Gasteiger partial charge is 0.458 e. The topological polar surface area (TPSA) is 52.6 Å². The molecule has 4 rings (SSSR count). The second-order valence-corrected chi connectivity index (χ2v) is 14.1. The Labute approximate surface area is 260 Å². The number of alkyl halides is 14. The maximum Gasteiger partial charge on any atom is 0.460 e. The molecule has 0 aliphatic heterocycles. The Kier molecular flexibility index (Phi) is 9.25. The van der Waals surface area contributed by atoms with Crippen LogP contribution >= 0.6 is 0 Å². The average Bonchev–Trinajstić information content (AvgIpc) is 3.29. The molecule has 4 saturated carbocycles. The Bertz CT molecular complexity index is 1220. The molecule has 0 unspecified atom stereocenters. The number of rotatable bonds is 7. The minimum Gasteiger partial charge on any atom is -0.458 e. The Morgan fingerprint density at radius 3 is 1.66 bits per heavy atom. The first-order valence-electron chi connectivity index (χ1n) is 15.1. The quantitative estimate of drug-likeness (QED) is 0.195. The molecule has 0 N–H and O–H groups in total. The molecular formula is C29H34F14O4. The fraction of sp³-hybridized carbons (Fsp3) is 0.931. The first-order valence-corrected chi connectivity index (χ1v) is 15.1. The van der Waals surface area contributed by atoms with Crippen molar-refractivity contribution < 1.29 is 80.5 Å². The summed E-state index contributed by atoms with van der Waals surface area (Å²) >= 11 is 0. The number of carbonyl (C=O) groups is 2. The third kappa shape index (κ3) is 5.76. The molecule has 0 radical (unpaired) electrons. The fourth-order valence-corrected chi connectivity index (χ4v) is 9.30. The van der Waals surface area contributed by atoms with Gasteiger partial charge in [0.15, 0.2) is 0 Å². The van der Waals surface area contributed by atoms with Crippen LogP contribution in [0.2, 0.25) is 0 Å². The Hall–Kier alpha value is -2.04. The summed E-state index contributed by atoms with van der Waals surface area (Å²) in [5.41, 5.74) is -1.15. The van der Waals surface area contributed by atoms with Crippen molar-refractivity contribution in [2.24, 2.45) is 40.4 Å². The molecule has 0 spiro atoms. The summed E-state index contributed by atoms with van der Waals surface area (Å²) in [7, 11) is 0. The highest BCUT2D eigenvalue weighted by Crippen LogP contribution is 2.68. The summed E-state index contributed by atoms with van der Waals surface area (Å²) in [6, 6.07) is 0. The van der Waals surface area contributed by atoms with Crippen molar-refractivity contribution in [3.8, 4) is 0 Å². The molecule has 47 heavy (non-hydrogen) atoms. The van der Waals surface area contributed by atoms with Gasteiger partial charge in [-0.05, 0) is 99.2 Å². The van der Waals surface area contributed by atoms with Crippen LogP contribution in [-0.2, 0) is 19.1 Å². The molecule has 9 atom stereocenters. The molecule has 4 aliphatic rings. The summed E-state index contributed by atoms with van der Waals surface area (Å²) in [5.74, 6) is -32.6. The summed E-state index contributed by atoms with van der Waals surface area (Å²) < 4.78 is 193. The van der Waals surface area contributed by atoms with Gasteiger partial charge in [0.25, 0.3) is 0 Å². The summed E-state index contributed by atoms with van der Waals surface area (Å²) in [5, 5.41) is 0. The van der Waals surface area contributed by atoms with E-state index < -0.39 is 76.9 Å². The molecule has 18 heteroatoms. The zero-order valence-electron chi connectivity index (χ0n) is 25.3. The number of hydrogen-bond donors (Lipinski definition) is 0. The van der Waals surface area contributed by atoms with E-state index in [1.165, 1.54) is 6.92 Å². The van der Waals surface area contributed by atoms with Crippen LogP contribution < -0.4 is 0 Å². The van der Waals surface area contributed by atoms with Gasteiger partial charge in [0.2, 0.25) is 0 Å². The summed E-state index contributed by atoms with van der Waals surface area (Å²) in [6.45, 7) is 4.92. The molecule has 0 heterocycles. The van der Waals surface area contributed by atoms with Crippen LogP contribution in [0.1, 0.15) is 78.6 Å². The molecule has 0 saturated heterocycles. The minimum atomic E-state index is -6.70. The lowest BCUT2D eigenvalue weighted by Gasteiger charge is -2.61. The van der Waals surface area contributed by atoms with Crippen molar-refractivity contribution in [2.75, 3.05) is 0 Å². The fourth-order valence-electron chi connectivity index (χ4n) is 9.30. The molecule has 4 nitrogen and oxygen atoms in total. The number of halogens is 14. The highest BCUT2D eigenvalue weighted by molar-refractivity contribution is 5.79. The summed E-state index contributed by atoms with van der Waals surface area (Å²) in [6.07, 6.45) is -13.3. The lowest BCUT2D eigenvalue weighted by atomic mass is 9.44. The number of fused-ring (bicyclic) bond motifs is 5. The molecule has 0 aromatic rings. The maximum atomic E-state index is 14.0. The van der Waals surface area contributed by atoms with Gasteiger partial charge in [-0.1, -0.05) is 13.8 Å². The van der Waals surface area contributed by atoms with Crippen LogP contribution in [0.4, 0.5) is 61.5 Å². The number of hydrogen-bond acceptors (Lipinski definition) is 4. The third-order valence-electron chi connectivity index (χ3n) is 11.8. The molecule has 0 aromatic carbocycles. The lowest BCUT2D eigenvalue weighted by Crippen LogP contribution is -2.58.